The second kappa shape index (κ2) is 3.87. The summed E-state index contributed by atoms with van der Waals surface area (Å²) < 4.78 is 5.55. The highest BCUT2D eigenvalue weighted by atomic mass is 16.6. The summed E-state index contributed by atoms with van der Waals surface area (Å²) >= 11 is 0. The van der Waals surface area contributed by atoms with Gasteiger partial charge in [0.15, 0.2) is 0 Å². The van der Waals surface area contributed by atoms with Crippen molar-refractivity contribution in [1.82, 2.24) is 0 Å². The number of carboxylic acids is 1. The van der Waals surface area contributed by atoms with E-state index in [1.807, 2.05) is 0 Å². The number of aliphatic carboxylic acids is 1. The largest absolute Gasteiger partial charge is 0.481 e. The smallest absolute Gasteiger partial charge is 0.300 e. The molecule has 0 radical (unpaired) electrons. The van der Waals surface area contributed by atoms with Crippen molar-refractivity contribution < 1.29 is 19.7 Å². The topological polar surface area (TPSA) is 70.1 Å². The SMILES string of the molecule is CC(=O)O.CC12CCCCC1(CO)O2. The second-order valence-electron chi connectivity index (χ2n) is 4.21. The molecule has 2 rings (SSSR count). The van der Waals surface area contributed by atoms with Crippen LogP contribution in [0.25, 0.3) is 0 Å². The lowest BCUT2D eigenvalue weighted by Gasteiger charge is -2.19. The van der Waals surface area contributed by atoms with Gasteiger partial charge >= 0.3 is 0 Å². The summed E-state index contributed by atoms with van der Waals surface area (Å²) in [6.45, 7) is 3.41. The van der Waals surface area contributed by atoms with E-state index in [0.717, 1.165) is 19.8 Å². The molecular weight excluding hydrogens is 184 g/mol. The molecule has 2 N–H and O–H groups in total. The van der Waals surface area contributed by atoms with E-state index in [0.29, 0.717) is 0 Å². The van der Waals surface area contributed by atoms with Gasteiger partial charge < -0.3 is 14.9 Å². The van der Waals surface area contributed by atoms with E-state index < -0.39 is 5.97 Å². The van der Waals surface area contributed by atoms with E-state index >= 15 is 0 Å². The van der Waals surface area contributed by atoms with Gasteiger partial charge in [0.05, 0.1) is 12.2 Å². The molecule has 1 aliphatic carbocycles. The summed E-state index contributed by atoms with van der Waals surface area (Å²) in [4.78, 5) is 9.00. The molecule has 0 amide bonds. The molecule has 82 valence electrons. The molecule has 1 saturated carbocycles. The lowest BCUT2D eigenvalue weighted by atomic mass is 9.81. The van der Waals surface area contributed by atoms with Crippen LogP contribution in [0.4, 0.5) is 0 Å². The van der Waals surface area contributed by atoms with Gasteiger partial charge in [-0.15, -0.1) is 0 Å². The number of epoxide rings is 1. The molecule has 2 aliphatic rings. The molecule has 2 atom stereocenters. The van der Waals surface area contributed by atoms with Crippen LogP contribution >= 0.6 is 0 Å². The maximum Gasteiger partial charge on any atom is 0.300 e. The number of fused-ring (bicyclic) bond motifs is 1. The van der Waals surface area contributed by atoms with Crippen molar-refractivity contribution in [3.05, 3.63) is 0 Å². The van der Waals surface area contributed by atoms with Crippen LogP contribution in [0.5, 0.6) is 0 Å². The third kappa shape index (κ3) is 2.07. The number of aliphatic hydroxyl groups is 1. The monoisotopic (exact) mass is 202 g/mol. The number of aliphatic hydroxyl groups excluding tert-OH is 1. The predicted molar refractivity (Wildman–Crippen MR) is 51.1 cm³/mol. The van der Waals surface area contributed by atoms with Crippen LogP contribution in [-0.4, -0.2) is 34.0 Å². The number of ether oxygens (including phenoxy) is 1. The van der Waals surface area contributed by atoms with Gasteiger partial charge in [-0.3, -0.25) is 4.79 Å². The fourth-order valence-electron chi connectivity index (χ4n) is 2.15. The zero-order valence-corrected chi connectivity index (χ0v) is 8.75. The Morgan fingerprint density at radius 1 is 1.43 bits per heavy atom. The summed E-state index contributed by atoms with van der Waals surface area (Å²) in [5.41, 5.74) is -0.0781. The van der Waals surface area contributed by atoms with E-state index in [4.69, 9.17) is 19.7 Å². The molecule has 0 aromatic rings. The van der Waals surface area contributed by atoms with Gasteiger partial charge in [0.25, 0.3) is 5.97 Å². The first-order chi connectivity index (χ1) is 6.46. The molecule has 14 heavy (non-hydrogen) atoms. The highest BCUT2D eigenvalue weighted by Crippen LogP contribution is 2.56. The van der Waals surface area contributed by atoms with Crippen molar-refractivity contribution >= 4 is 5.97 Å². The van der Waals surface area contributed by atoms with Gasteiger partial charge in [0.1, 0.15) is 5.60 Å². The van der Waals surface area contributed by atoms with Crippen molar-refractivity contribution in [2.45, 2.75) is 50.7 Å². The molecule has 4 heteroatoms. The van der Waals surface area contributed by atoms with E-state index in [-0.39, 0.29) is 17.8 Å². The van der Waals surface area contributed by atoms with Crippen LogP contribution < -0.4 is 0 Å². The summed E-state index contributed by atoms with van der Waals surface area (Å²) in [5, 5.41) is 16.4. The predicted octanol–water partition coefficient (Wildman–Crippen LogP) is 1.17. The van der Waals surface area contributed by atoms with E-state index in [2.05, 4.69) is 6.92 Å². The van der Waals surface area contributed by atoms with Gasteiger partial charge in [-0.2, -0.15) is 0 Å². The molecule has 2 fully saturated rings. The van der Waals surface area contributed by atoms with Gasteiger partial charge in [-0.1, -0.05) is 12.8 Å². The molecule has 4 nitrogen and oxygen atoms in total. The first-order valence-electron chi connectivity index (χ1n) is 4.96. The third-order valence-corrected chi connectivity index (χ3v) is 3.08. The average Bonchev–Trinajstić information content (AvgIpc) is 2.71. The maximum absolute atomic E-state index is 9.03. The van der Waals surface area contributed by atoms with E-state index in [9.17, 15) is 0 Å². The number of hydrogen-bond acceptors (Lipinski definition) is 3. The van der Waals surface area contributed by atoms with Crippen LogP contribution in [0.3, 0.4) is 0 Å². The lowest BCUT2D eigenvalue weighted by molar-refractivity contribution is -0.134. The Balaban J connectivity index is 0.000000213. The van der Waals surface area contributed by atoms with Crippen molar-refractivity contribution in [2.75, 3.05) is 6.61 Å². The summed E-state index contributed by atoms with van der Waals surface area (Å²) in [7, 11) is 0. The fraction of sp³-hybridized carbons (Fsp3) is 0.900. The Morgan fingerprint density at radius 2 is 1.93 bits per heavy atom. The molecule has 0 aromatic heterocycles. The highest BCUT2D eigenvalue weighted by Gasteiger charge is 2.66. The van der Waals surface area contributed by atoms with Gasteiger partial charge in [0.2, 0.25) is 0 Å². The third-order valence-electron chi connectivity index (χ3n) is 3.08. The van der Waals surface area contributed by atoms with Gasteiger partial charge in [0, 0.05) is 6.92 Å². The van der Waals surface area contributed by atoms with E-state index in [1.165, 1.54) is 12.8 Å². The Bertz CT molecular complexity index is 220. The molecule has 1 saturated heterocycles. The number of carbonyl (C=O) groups is 1. The summed E-state index contributed by atoms with van der Waals surface area (Å²) in [6.07, 6.45) is 4.67. The quantitative estimate of drug-likeness (QED) is 0.626. The zero-order valence-electron chi connectivity index (χ0n) is 8.75. The molecule has 0 aromatic carbocycles. The Morgan fingerprint density at radius 3 is 2.29 bits per heavy atom. The van der Waals surface area contributed by atoms with Crippen LogP contribution in [0.15, 0.2) is 0 Å². The normalized spacial score (nSPS) is 39.1. The minimum absolute atomic E-state index is 0.0417. The van der Waals surface area contributed by atoms with Gasteiger partial charge in [-0.05, 0) is 19.8 Å². The van der Waals surface area contributed by atoms with Crippen molar-refractivity contribution in [1.29, 1.82) is 0 Å². The maximum atomic E-state index is 9.03. The first kappa shape index (κ1) is 11.5. The molecular formula is C10H18O4. The van der Waals surface area contributed by atoms with Gasteiger partial charge in [-0.25, -0.2) is 0 Å². The fourth-order valence-corrected chi connectivity index (χ4v) is 2.15. The minimum atomic E-state index is -0.833. The first-order valence-corrected chi connectivity index (χ1v) is 4.96. The molecule has 0 bridgehead atoms. The van der Waals surface area contributed by atoms with Crippen molar-refractivity contribution in [2.24, 2.45) is 0 Å². The van der Waals surface area contributed by atoms with Crippen molar-refractivity contribution in [3.63, 3.8) is 0 Å². The zero-order chi connectivity index (χ0) is 10.8. The highest BCUT2D eigenvalue weighted by molar-refractivity contribution is 5.62. The van der Waals surface area contributed by atoms with E-state index in [1.54, 1.807) is 0 Å². The second-order valence-corrected chi connectivity index (χ2v) is 4.21. The molecule has 1 heterocycles. The summed E-state index contributed by atoms with van der Waals surface area (Å²) in [6, 6.07) is 0. The Hall–Kier alpha value is -0.610. The summed E-state index contributed by atoms with van der Waals surface area (Å²) in [5.74, 6) is -0.833. The Labute approximate surface area is 83.9 Å². The van der Waals surface area contributed by atoms with Crippen LogP contribution in [0, 0.1) is 0 Å². The average molecular weight is 202 g/mol. The van der Waals surface area contributed by atoms with Crippen LogP contribution in [0.2, 0.25) is 0 Å². The standard InChI is InChI=1S/C8H14O2.C2H4O2/c1-7-4-2-3-5-8(7,6-9)10-7;1-2(3)4/h9H,2-6H2,1H3;1H3,(H,3,4). The molecule has 0 spiro atoms. The van der Waals surface area contributed by atoms with Crippen LogP contribution in [-0.2, 0) is 9.53 Å². The number of rotatable bonds is 1. The van der Waals surface area contributed by atoms with Crippen molar-refractivity contribution in [3.8, 4) is 0 Å². The lowest BCUT2D eigenvalue weighted by Crippen LogP contribution is -2.30. The molecule has 2 unspecified atom stereocenters. The molecule has 1 aliphatic heterocycles. The number of carboxylic acid groups (broad SMARTS) is 1. The minimum Gasteiger partial charge on any atom is -0.481 e. The number of hydrogen-bond donors (Lipinski definition) is 2. The Kier molecular flexibility index (Phi) is 3.17. The van der Waals surface area contributed by atoms with Crippen LogP contribution in [0.1, 0.15) is 39.5 Å².